The van der Waals surface area contributed by atoms with Crippen molar-refractivity contribution in [2.75, 3.05) is 11.9 Å². The molecule has 0 unspecified atom stereocenters. The summed E-state index contributed by atoms with van der Waals surface area (Å²) >= 11 is 0. The molecule has 3 N–H and O–H groups in total. The van der Waals surface area contributed by atoms with Crippen molar-refractivity contribution in [3.05, 3.63) is 17.8 Å². The van der Waals surface area contributed by atoms with Crippen molar-refractivity contribution in [1.82, 2.24) is 10.2 Å². The maximum atomic E-state index is 10.5. The predicted octanol–water partition coefficient (Wildman–Crippen LogP) is 0.416. The quantitative estimate of drug-likeness (QED) is 0.674. The van der Waals surface area contributed by atoms with E-state index in [0.29, 0.717) is 24.3 Å². The van der Waals surface area contributed by atoms with E-state index in [1.807, 2.05) is 6.07 Å². The van der Waals surface area contributed by atoms with Gasteiger partial charge in [-0.2, -0.15) is 10.4 Å². The lowest BCUT2D eigenvalue weighted by Gasteiger charge is -2.04. The predicted molar refractivity (Wildman–Crippen MR) is 58.3 cm³/mol. The molecule has 0 aliphatic rings. The SMILES string of the molecule is N#Cc1ccnnc1NCCCCC(N)=O. The highest BCUT2D eigenvalue weighted by molar-refractivity contribution is 5.73. The summed E-state index contributed by atoms with van der Waals surface area (Å²) in [5, 5.41) is 19.3. The van der Waals surface area contributed by atoms with Crippen LogP contribution in [0, 0.1) is 11.3 Å². The molecule has 16 heavy (non-hydrogen) atoms. The van der Waals surface area contributed by atoms with E-state index in [9.17, 15) is 4.79 Å². The molecule has 84 valence electrons. The second-order valence-electron chi connectivity index (χ2n) is 3.26. The smallest absolute Gasteiger partial charge is 0.217 e. The van der Waals surface area contributed by atoms with Gasteiger partial charge in [-0.05, 0) is 18.9 Å². The zero-order chi connectivity index (χ0) is 11.8. The lowest BCUT2D eigenvalue weighted by molar-refractivity contribution is -0.118. The fraction of sp³-hybridized carbons (Fsp3) is 0.400. The summed E-state index contributed by atoms with van der Waals surface area (Å²) in [5.41, 5.74) is 5.47. The average Bonchev–Trinajstić information content (AvgIpc) is 2.29. The van der Waals surface area contributed by atoms with Crippen molar-refractivity contribution < 1.29 is 4.79 Å². The normalized spacial score (nSPS) is 9.44. The van der Waals surface area contributed by atoms with E-state index in [0.717, 1.165) is 12.8 Å². The Morgan fingerprint density at radius 3 is 3.06 bits per heavy atom. The fourth-order valence-electron chi connectivity index (χ4n) is 1.18. The van der Waals surface area contributed by atoms with Gasteiger partial charge in [-0.15, -0.1) is 5.10 Å². The topological polar surface area (TPSA) is 105 Å². The van der Waals surface area contributed by atoms with E-state index >= 15 is 0 Å². The number of carbonyl (C=O) groups is 1. The first-order valence-corrected chi connectivity index (χ1v) is 4.98. The third kappa shape index (κ3) is 3.92. The Bertz CT molecular complexity index is 398. The Hall–Kier alpha value is -2.16. The van der Waals surface area contributed by atoms with E-state index in [1.165, 1.54) is 6.20 Å². The van der Waals surface area contributed by atoms with Gasteiger partial charge < -0.3 is 11.1 Å². The Labute approximate surface area is 93.5 Å². The number of nitrogens with one attached hydrogen (secondary N) is 1. The summed E-state index contributed by atoms with van der Waals surface area (Å²) < 4.78 is 0. The van der Waals surface area contributed by atoms with Gasteiger partial charge in [0.25, 0.3) is 0 Å². The van der Waals surface area contributed by atoms with E-state index in [-0.39, 0.29) is 5.91 Å². The van der Waals surface area contributed by atoms with Gasteiger partial charge in [-0.1, -0.05) is 0 Å². The standard InChI is InChI=1S/C10H13N5O/c11-7-8-4-6-14-15-10(8)13-5-2-1-3-9(12)16/h4,6H,1-3,5H2,(H2,12,16)(H,13,15). The van der Waals surface area contributed by atoms with Crippen LogP contribution in [0.1, 0.15) is 24.8 Å². The van der Waals surface area contributed by atoms with Gasteiger partial charge in [-0.3, -0.25) is 4.79 Å². The molecule has 1 aromatic heterocycles. The maximum absolute atomic E-state index is 10.5. The molecule has 0 aliphatic carbocycles. The number of primary amides is 1. The first-order valence-electron chi connectivity index (χ1n) is 4.98. The van der Waals surface area contributed by atoms with Gasteiger partial charge in [0.2, 0.25) is 5.91 Å². The second kappa shape index (κ2) is 6.35. The van der Waals surface area contributed by atoms with Gasteiger partial charge in [0, 0.05) is 13.0 Å². The number of rotatable bonds is 6. The number of aromatic nitrogens is 2. The van der Waals surface area contributed by atoms with Gasteiger partial charge in [0.15, 0.2) is 5.82 Å². The van der Waals surface area contributed by atoms with E-state index in [4.69, 9.17) is 11.0 Å². The Kier molecular flexibility index (Phi) is 4.73. The Balaban J connectivity index is 2.32. The van der Waals surface area contributed by atoms with Crippen LogP contribution in [0.15, 0.2) is 12.3 Å². The lowest BCUT2D eigenvalue weighted by atomic mass is 10.2. The van der Waals surface area contributed by atoms with Crippen molar-refractivity contribution in [2.24, 2.45) is 5.73 Å². The van der Waals surface area contributed by atoms with Crippen LogP contribution in [0.25, 0.3) is 0 Å². The van der Waals surface area contributed by atoms with Crippen LogP contribution in [0.5, 0.6) is 0 Å². The summed E-state index contributed by atoms with van der Waals surface area (Å²) in [6.45, 7) is 0.640. The number of carbonyl (C=O) groups excluding carboxylic acids is 1. The van der Waals surface area contributed by atoms with Crippen LogP contribution < -0.4 is 11.1 Å². The molecule has 0 saturated carbocycles. The first kappa shape index (κ1) is 11.9. The average molecular weight is 219 g/mol. The number of nitriles is 1. The van der Waals surface area contributed by atoms with Crippen LogP contribution in [0.2, 0.25) is 0 Å². The molecule has 0 spiro atoms. The summed E-state index contributed by atoms with van der Waals surface area (Å²) in [5.74, 6) is 0.182. The van der Waals surface area contributed by atoms with Gasteiger partial charge >= 0.3 is 0 Å². The van der Waals surface area contributed by atoms with E-state index in [1.54, 1.807) is 6.07 Å². The molecule has 6 heteroatoms. The number of hydrogen-bond donors (Lipinski definition) is 2. The fourth-order valence-corrected chi connectivity index (χ4v) is 1.18. The Morgan fingerprint density at radius 1 is 1.56 bits per heavy atom. The van der Waals surface area contributed by atoms with Crippen LogP contribution in [0.4, 0.5) is 5.82 Å². The molecular formula is C10H13N5O. The lowest BCUT2D eigenvalue weighted by Crippen LogP contribution is -2.11. The maximum Gasteiger partial charge on any atom is 0.217 e. The number of hydrogen-bond acceptors (Lipinski definition) is 5. The minimum Gasteiger partial charge on any atom is -0.370 e. The number of amides is 1. The van der Waals surface area contributed by atoms with Crippen LogP contribution in [-0.4, -0.2) is 22.6 Å². The molecule has 0 bridgehead atoms. The molecular weight excluding hydrogens is 206 g/mol. The number of unbranched alkanes of at least 4 members (excludes halogenated alkanes) is 1. The highest BCUT2D eigenvalue weighted by atomic mass is 16.1. The van der Waals surface area contributed by atoms with Crippen LogP contribution in [0.3, 0.4) is 0 Å². The third-order valence-corrected chi connectivity index (χ3v) is 1.98. The molecule has 0 aliphatic heterocycles. The molecule has 1 heterocycles. The van der Waals surface area contributed by atoms with E-state index in [2.05, 4.69) is 15.5 Å². The molecule has 1 aromatic rings. The zero-order valence-corrected chi connectivity index (χ0v) is 8.81. The molecule has 0 radical (unpaired) electrons. The highest BCUT2D eigenvalue weighted by Crippen LogP contribution is 2.08. The van der Waals surface area contributed by atoms with Gasteiger partial charge in [0.1, 0.15) is 6.07 Å². The van der Waals surface area contributed by atoms with Gasteiger partial charge in [-0.25, -0.2) is 0 Å². The largest absolute Gasteiger partial charge is 0.370 e. The summed E-state index contributed by atoms with van der Waals surface area (Å²) in [7, 11) is 0. The molecule has 0 atom stereocenters. The van der Waals surface area contributed by atoms with Crippen LogP contribution in [-0.2, 0) is 4.79 Å². The third-order valence-electron chi connectivity index (χ3n) is 1.98. The molecule has 0 saturated heterocycles. The Morgan fingerprint density at radius 2 is 2.38 bits per heavy atom. The van der Waals surface area contributed by atoms with Crippen LogP contribution >= 0.6 is 0 Å². The van der Waals surface area contributed by atoms with Crippen molar-refractivity contribution in [3.8, 4) is 6.07 Å². The second-order valence-corrected chi connectivity index (χ2v) is 3.26. The molecule has 0 fully saturated rings. The van der Waals surface area contributed by atoms with E-state index < -0.39 is 0 Å². The monoisotopic (exact) mass is 219 g/mol. The van der Waals surface area contributed by atoms with Crippen molar-refractivity contribution in [1.29, 1.82) is 5.26 Å². The number of nitrogens with zero attached hydrogens (tertiary/aromatic N) is 3. The minimum atomic E-state index is -0.294. The summed E-state index contributed by atoms with van der Waals surface area (Å²) in [6, 6.07) is 3.61. The number of nitrogens with two attached hydrogens (primary N) is 1. The van der Waals surface area contributed by atoms with Gasteiger partial charge in [0.05, 0.1) is 11.8 Å². The summed E-state index contributed by atoms with van der Waals surface area (Å²) in [6.07, 6.45) is 3.37. The zero-order valence-electron chi connectivity index (χ0n) is 8.81. The molecule has 6 nitrogen and oxygen atoms in total. The minimum absolute atomic E-state index is 0.294. The van der Waals surface area contributed by atoms with Crippen molar-refractivity contribution in [3.63, 3.8) is 0 Å². The molecule has 1 rings (SSSR count). The van der Waals surface area contributed by atoms with Crippen molar-refractivity contribution >= 4 is 11.7 Å². The highest BCUT2D eigenvalue weighted by Gasteiger charge is 2.01. The first-order chi connectivity index (χ1) is 7.74. The molecule has 1 amide bonds. The molecule has 0 aromatic carbocycles. The summed E-state index contributed by atoms with van der Waals surface area (Å²) in [4.78, 5) is 10.5. The van der Waals surface area contributed by atoms with Crippen molar-refractivity contribution in [2.45, 2.75) is 19.3 Å². The number of anilines is 1.